The molecule has 0 atom stereocenters. The van der Waals surface area contributed by atoms with E-state index in [4.69, 9.17) is 4.74 Å². The fourth-order valence-corrected chi connectivity index (χ4v) is 2.75. The standard InChI is InChI=1S/C21H27F2N3O3/c1-3-28-18-8-4-7-16(19(18)29-20(22)23)14-26-21(24-2)25-13-5-6-15-9-11-17(27)12-10-15/h4,7-12,20,27H,3,5-6,13-14H2,1-2H3,(H2,24,25,26). The molecule has 2 rings (SSSR count). The molecule has 0 heterocycles. The van der Waals surface area contributed by atoms with Crippen LogP contribution in [0.3, 0.4) is 0 Å². The lowest BCUT2D eigenvalue weighted by molar-refractivity contribution is -0.0520. The lowest BCUT2D eigenvalue weighted by atomic mass is 10.1. The number of phenols is 1. The van der Waals surface area contributed by atoms with Crippen LogP contribution in [0.1, 0.15) is 24.5 Å². The number of aryl methyl sites for hydroxylation is 1. The van der Waals surface area contributed by atoms with Crippen molar-refractivity contribution in [3.63, 3.8) is 0 Å². The molecule has 0 amide bonds. The molecule has 0 aliphatic rings. The fourth-order valence-electron chi connectivity index (χ4n) is 2.75. The van der Waals surface area contributed by atoms with Gasteiger partial charge in [-0.2, -0.15) is 8.78 Å². The van der Waals surface area contributed by atoms with Gasteiger partial charge in [-0.3, -0.25) is 4.99 Å². The molecular formula is C21H27F2N3O3. The van der Waals surface area contributed by atoms with Gasteiger partial charge in [0, 0.05) is 25.7 Å². The van der Waals surface area contributed by atoms with Crippen LogP contribution in [-0.2, 0) is 13.0 Å². The summed E-state index contributed by atoms with van der Waals surface area (Å²) in [5.41, 5.74) is 1.68. The van der Waals surface area contributed by atoms with Crippen LogP contribution in [0.2, 0.25) is 0 Å². The summed E-state index contributed by atoms with van der Waals surface area (Å²) < 4.78 is 35.7. The Kier molecular flexibility index (Phi) is 9.01. The van der Waals surface area contributed by atoms with E-state index in [2.05, 4.69) is 20.4 Å². The molecule has 2 aromatic rings. The third-order valence-electron chi connectivity index (χ3n) is 4.11. The first kappa shape index (κ1) is 22.3. The first-order valence-electron chi connectivity index (χ1n) is 9.45. The SMILES string of the molecule is CCOc1cccc(CNC(=NC)NCCCc2ccc(O)cc2)c1OC(F)F. The van der Waals surface area contributed by atoms with Gasteiger partial charge in [0.25, 0.3) is 0 Å². The van der Waals surface area contributed by atoms with E-state index < -0.39 is 6.61 Å². The predicted octanol–water partition coefficient (Wildman–Crippen LogP) is 3.69. The van der Waals surface area contributed by atoms with Gasteiger partial charge in [-0.1, -0.05) is 24.3 Å². The van der Waals surface area contributed by atoms with E-state index in [1.807, 2.05) is 12.1 Å². The highest BCUT2D eigenvalue weighted by atomic mass is 19.3. The van der Waals surface area contributed by atoms with E-state index in [0.29, 0.717) is 24.7 Å². The van der Waals surface area contributed by atoms with Gasteiger partial charge in [-0.15, -0.1) is 0 Å². The van der Waals surface area contributed by atoms with Crippen LogP contribution in [0.5, 0.6) is 17.2 Å². The monoisotopic (exact) mass is 407 g/mol. The maximum atomic E-state index is 12.8. The molecule has 0 bridgehead atoms. The second-order valence-corrected chi connectivity index (χ2v) is 6.18. The number of ether oxygens (including phenoxy) is 2. The number of phenolic OH excluding ortho intramolecular Hbond substituents is 1. The molecule has 29 heavy (non-hydrogen) atoms. The third-order valence-corrected chi connectivity index (χ3v) is 4.11. The molecule has 0 radical (unpaired) electrons. The summed E-state index contributed by atoms with van der Waals surface area (Å²) in [6.45, 7) is 0.120. The van der Waals surface area contributed by atoms with Crippen LogP contribution >= 0.6 is 0 Å². The minimum atomic E-state index is -2.94. The highest BCUT2D eigenvalue weighted by Gasteiger charge is 2.16. The van der Waals surface area contributed by atoms with Crippen LogP contribution in [0.25, 0.3) is 0 Å². The normalized spacial score (nSPS) is 11.4. The van der Waals surface area contributed by atoms with Gasteiger partial charge in [0.1, 0.15) is 5.75 Å². The summed E-state index contributed by atoms with van der Waals surface area (Å²) in [7, 11) is 1.64. The third kappa shape index (κ3) is 7.48. The molecule has 6 nitrogen and oxygen atoms in total. The Balaban J connectivity index is 1.88. The first-order valence-corrected chi connectivity index (χ1v) is 9.45. The van der Waals surface area contributed by atoms with Crippen molar-refractivity contribution in [1.29, 1.82) is 0 Å². The Morgan fingerprint density at radius 1 is 1.14 bits per heavy atom. The maximum Gasteiger partial charge on any atom is 0.387 e. The molecule has 158 valence electrons. The highest BCUT2D eigenvalue weighted by molar-refractivity contribution is 5.79. The molecule has 0 aromatic heterocycles. The number of nitrogens with one attached hydrogen (secondary N) is 2. The van der Waals surface area contributed by atoms with Gasteiger partial charge >= 0.3 is 6.61 Å². The van der Waals surface area contributed by atoms with Crippen LogP contribution < -0.4 is 20.1 Å². The molecule has 8 heteroatoms. The molecule has 0 spiro atoms. The van der Waals surface area contributed by atoms with Crippen molar-refractivity contribution in [2.75, 3.05) is 20.2 Å². The van der Waals surface area contributed by atoms with Crippen LogP contribution in [0.4, 0.5) is 8.78 Å². The zero-order valence-corrected chi connectivity index (χ0v) is 16.6. The molecule has 0 saturated carbocycles. The average Bonchev–Trinajstić information content (AvgIpc) is 2.70. The summed E-state index contributed by atoms with van der Waals surface area (Å²) in [6.07, 6.45) is 1.72. The Hall–Kier alpha value is -3.03. The maximum absolute atomic E-state index is 12.8. The van der Waals surface area contributed by atoms with E-state index in [9.17, 15) is 13.9 Å². The van der Waals surface area contributed by atoms with Crippen molar-refractivity contribution in [1.82, 2.24) is 10.6 Å². The van der Waals surface area contributed by atoms with Crippen LogP contribution in [0.15, 0.2) is 47.5 Å². The van der Waals surface area contributed by atoms with Crippen molar-refractivity contribution in [3.8, 4) is 17.2 Å². The number of aromatic hydroxyl groups is 1. The molecule has 2 aromatic carbocycles. The van der Waals surface area contributed by atoms with Crippen LogP contribution in [-0.4, -0.2) is 37.9 Å². The van der Waals surface area contributed by atoms with Gasteiger partial charge in [-0.25, -0.2) is 0 Å². The van der Waals surface area contributed by atoms with E-state index in [0.717, 1.165) is 18.4 Å². The Morgan fingerprint density at radius 3 is 2.55 bits per heavy atom. The van der Waals surface area contributed by atoms with Crippen molar-refractivity contribution in [3.05, 3.63) is 53.6 Å². The van der Waals surface area contributed by atoms with Crippen molar-refractivity contribution in [2.24, 2.45) is 4.99 Å². The first-order chi connectivity index (χ1) is 14.0. The molecule has 0 saturated heterocycles. The number of alkyl halides is 2. The number of hydrogen-bond acceptors (Lipinski definition) is 4. The van der Waals surface area contributed by atoms with Gasteiger partial charge in [0.15, 0.2) is 17.5 Å². The zero-order chi connectivity index (χ0) is 21.1. The van der Waals surface area contributed by atoms with Crippen LogP contribution in [0, 0.1) is 0 Å². The quantitative estimate of drug-likeness (QED) is 0.318. The highest BCUT2D eigenvalue weighted by Crippen LogP contribution is 2.32. The van der Waals surface area contributed by atoms with E-state index in [-0.39, 0.29) is 23.8 Å². The number of guanidine groups is 1. The fraction of sp³-hybridized carbons (Fsp3) is 0.381. The number of hydrogen-bond donors (Lipinski definition) is 3. The lowest BCUT2D eigenvalue weighted by Gasteiger charge is -2.17. The Morgan fingerprint density at radius 2 is 1.90 bits per heavy atom. The minimum absolute atomic E-state index is 0.0274. The number of nitrogens with zero attached hydrogens (tertiary/aromatic N) is 1. The number of para-hydroxylation sites is 1. The van der Waals surface area contributed by atoms with Crippen molar-refractivity contribution < 1.29 is 23.4 Å². The minimum Gasteiger partial charge on any atom is -0.508 e. The predicted molar refractivity (Wildman–Crippen MR) is 109 cm³/mol. The van der Waals surface area contributed by atoms with E-state index >= 15 is 0 Å². The molecule has 0 aliphatic heterocycles. The molecular weight excluding hydrogens is 380 g/mol. The summed E-state index contributed by atoms with van der Waals surface area (Å²) >= 11 is 0. The van der Waals surface area contributed by atoms with Gasteiger partial charge in [0.05, 0.1) is 6.61 Å². The molecule has 0 aliphatic carbocycles. The smallest absolute Gasteiger partial charge is 0.387 e. The number of aliphatic imine (C=N–C) groups is 1. The Labute approximate surface area is 169 Å². The van der Waals surface area contributed by atoms with Gasteiger partial charge in [-0.05, 0) is 43.5 Å². The average molecular weight is 407 g/mol. The number of rotatable bonds is 10. The number of benzene rings is 2. The van der Waals surface area contributed by atoms with Gasteiger partial charge < -0.3 is 25.2 Å². The Bertz CT molecular complexity index is 783. The number of halogens is 2. The molecule has 3 N–H and O–H groups in total. The second-order valence-electron chi connectivity index (χ2n) is 6.18. The largest absolute Gasteiger partial charge is 0.508 e. The lowest BCUT2D eigenvalue weighted by Crippen LogP contribution is -2.37. The van der Waals surface area contributed by atoms with E-state index in [1.165, 1.54) is 0 Å². The van der Waals surface area contributed by atoms with Crippen molar-refractivity contribution in [2.45, 2.75) is 32.9 Å². The summed E-state index contributed by atoms with van der Waals surface area (Å²) in [6, 6.07) is 12.1. The second kappa shape index (κ2) is 11.7. The summed E-state index contributed by atoms with van der Waals surface area (Å²) in [5.74, 6) is 1.11. The topological polar surface area (TPSA) is 75.1 Å². The zero-order valence-electron chi connectivity index (χ0n) is 16.6. The van der Waals surface area contributed by atoms with Crippen molar-refractivity contribution >= 4 is 5.96 Å². The summed E-state index contributed by atoms with van der Waals surface area (Å²) in [4.78, 5) is 4.15. The van der Waals surface area contributed by atoms with E-state index in [1.54, 1.807) is 44.3 Å². The summed E-state index contributed by atoms with van der Waals surface area (Å²) in [5, 5.41) is 15.6. The van der Waals surface area contributed by atoms with Gasteiger partial charge in [0.2, 0.25) is 0 Å². The molecule has 0 unspecified atom stereocenters. The molecule has 0 fully saturated rings.